The standard InChI is InChI=1S/C28H25F3N2O5S/c1-26(2,3)38-23(34)21-14-19(32-16-39)11-12-27(21)20-10-9-18(28(29,30)31)13-22(20)33(24(27)35)25(36)37-15-17-7-5-4-6-8-17/h4-13,19,21H,14-15H2,1-3H3/t19-,21-,27-/m0/s1. The van der Waals surface area contributed by atoms with Crippen LogP contribution in [0.3, 0.4) is 0 Å². The lowest BCUT2D eigenvalue weighted by Crippen LogP contribution is -2.52. The first-order valence-corrected chi connectivity index (χ1v) is 12.4. The van der Waals surface area contributed by atoms with Crippen LogP contribution in [0.25, 0.3) is 0 Å². The molecule has 0 aromatic heterocycles. The van der Waals surface area contributed by atoms with Gasteiger partial charge in [-0.05, 0) is 62.7 Å². The molecule has 1 spiro atoms. The highest BCUT2D eigenvalue weighted by Crippen LogP contribution is 2.52. The summed E-state index contributed by atoms with van der Waals surface area (Å²) in [5.74, 6) is -2.92. The highest BCUT2D eigenvalue weighted by atomic mass is 32.1. The molecule has 2 amide bonds. The lowest BCUT2D eigenvalue weighted by molar-refractivity contribution is -0.164. The molecule has 0 radical (unpaired) electrons. The van der Waals surface area contributed by atoms with E-state index in [1.807, 2.05) is 0 Å². The Morgan fingerprint density at radius 2 is 1.85 bits per heavy atom. The minimum absolute atomic E-state index is 0.0475. The summed E-state index contributed by atoms with van der Waals surface area (Å²) >= 11 is 4.70. The Morgan fingerprint density at radius 1 is 1.15 bits per heavy atom. The molecular formula is C28H25F3N2O5S. The quantitative estimate of drug-likeness (QED) is 0.198. The fourth-order valence-electron chi connectivity index (χ4n) is 4.82. The molecule has 2 aromatic rings. The summed E-state index contributed by atoms with van der Waals surface area (Å²) in [5, 5.41) is 2.25. The normalized spacial score (nSPS) is 22.3. The van der Waals surface area contributed by atoms with Gasteiger partial charge in [-0.2, -0.15) is 13.2 Å². The number of esters is 1. The van der Waals surface area contributed by atoms with Crippen LogP contribution in [0.4, 0.5) is 23.7 Å². The van der Waals surface area contributed by atoms with Gasteiger partial charge in [0.15, 0.2) is 0 Å². The van der Waals surface area contributed by atoms with Gasteiger partial charge in [-0.3, -0.25) is 9.59 Å². The Balaban J connectivity index is 1.85. The maximum atomic E-state index is 14.1. The smallest absolute Gasteiger partial charge is 0.421 e. The number of ether oxygens (including phenoxy) is 2. The molecular weight excluding hydrogens is 533 g/mol. The topological polar surface area (TPSA) is 85.3 Å². The van der Waals surface area contributed by atoms with Crippen molar-refractivity contribution in [3.8, 4) is 0 Å². The summed E-state index contributed by atoms with van der Waals surface area (Å²) in [7, 11) is 0. The molecule has 1 aliphatic heterocycles. The number of alkyl halides is 3. The number of imide groups is 1. The minimum Gasteiger partial charge on any atom is -0.460 e. The molecule has 0 saturated carbocycles. The zero-order valence-electron chi connectivity index (χ0n) is 21.3. The fourth-order valence-corrected chi connectivity index (χ4v) is 4.95. The van der Waals surface area contributed by atoms with E-state index in [9.17, 15) is 27.6 Å². The second-order valence-corrected chi connectivity index (χ2v) is 10.4. The monoisotopic (exact) mass is 558 g/mol. The number of hydrogen-bond donors (Lipinski definition) is 0. The summed E-state index contributed by atoms with van der Waals surface area (Å²) in [6, 6.07) is 10.6. The van der Waals surface area contributed by atoms with E-state index in [4.69, 9.17) is 21.7 Å². The summed E-state index contributed by atoms with van der Waals surface area (Å²) < 4.78 is 52.0. The predicted molar refractivity (Wildman–Crippen MR) is 139 cm³/mol. The van der Waals surface area contributed by atoms with Crippen molar-refractivity contribution in [1.82, 2.24) is 0 Å². The van der Waals surface area contributed by atoms with Crippen LogP contribution in [0, 0.1) is 5.92 Å². The van der Waals surface area contributed by atoms with Gasteiger partial charge in [0.2, 0.25) is 0 Å². The van der Waals surface area contributed by atoms with Crippen LogP contribution in [0.15, 0.2) is 65.7 Å². The predicted octanol–water partition coefficient (Wildman–Crippen LogP) is 6.02. The number of nitrogens with zero attached hydrogens (tertiary/aromatic N) is 2. The molecule has 2 aliphatic rings. The van der Waals surface area contributed by atoms with Gasteiger partial charge in [-0.25, -0.2) is 14.7 Å². The van der Waals surface area contributed by atoms with Crippen molar-refractivity contribution in [1.29, 1.82) is 0 Å². The van der Waals surface area contributed by atoms with Crippen LogP contribution in [0.5, 0.6) is 0 Å². The molecule has 0 fully saturated rings. The third-order valence-electron chi connectivity index (χ3n) is 6.47. The zero-order valence-corrected chi connectivity index (χ0v) is 22.1. The molecule has 1 aliphatic carbocycles. The van der Waals surface area contributed by atoms with Gasteiger partial charge in [-0.15, -0.1) is 0 Å². The largest absolute Gasteiger partial charge is 0.460 e. The van der Waals surface area contributed by atoms with E-state index in [0.29, 0.717) is 16.5 Å². The molecule has 4 rings (SSSR count). The molecule has 0 saturated heterocycles. The number of benzene rings is 2. The first-order valence-electron chi connectivity index (χ1n) is 12.0. The van der Waals surface area contributed by atoms with E-state index in [0.717, 1.165) is 12.1 Å². The van der Waals surface area contributed by atoms with Crippen LogP contribution in [-0.2, 0) is 37.3 Å². The third kappa shape index (κ3) is 5.51. The second kappa shape index (κ2) is 10.4. The third-order valence-corrected chi connectivity index (χ3v) is 6.58. The molecule has 11 heteroatoms. The van der Waals surface area contributed by atoms with Gasteiger partial charge >= 0.3 is 18.2 Å². The van der Waals surface area contributed by atoms with E-state index in [1.165, 1.54) is 12.2 Å². The molecule has 0 N–H and O–H groups in total. The number of rotatable bonds is 4. The highest BCUT2D eigenvalue weighted by Gasteiger charge is 2.61. The second-order valence-electron chi connectivity index (χ2n) is 10.2. The molecule has 1 heterocycles. The molecule has 204 valence electrons. The Labute approximate surface area is 228 Å². The maximum Gasteiger partial charge on any atom is 0.421 e. The number of aliphatic imine (C=N–C) groups is 1. The van der Waals surface area contributed by atoms with Gasteiger partial charge in [0.05, 0.1) is 28.4 Å². The molecule has 2 aromatic carbocycles. The van der Waals surface area contributed by atoms with Crippen LogP contribution < -0.4 is 4.90 Å². The molecule has 7 nitrogen and oxygen atoms in total. The summed E-state index contributed by atoms with van der Waals surface area (Å²) in [5.41, 5.74) is -3.48. The number of carbonyl (C=O) groups is 3. The number of halogens is 3. The van der Waals surface area contributed by atoms with Gasteiger partial charge in [0, 0.05) is 0 Å². The van der Waals surface area contributed by atoms with Crippen molar-refractivity contribution >= 4 is 41.0 Å². The molecule has 0 bridgehead atoms. The van der Waals surface area contributed by atoms with E-state index >= 15 is 0 Å². The highest BCUT2D eigenvalue weighted by molar-refractivity contribution is 7.78. The van der Waals surface area contributed by atoms with Gasteiger partial charge < -0.3 is 9.47 Å². The number of isothiocyanates is 1. The average Bonchev–Trinajstić information content (AvgIpc) is 3.10. The Kier molecular flexibility index (Phi) is 7.51. The van der Waals surface area contributed by atoms with Crippen molar-refractivity contribution in [2.24, 2.45) is 10.9 Å². The zero-order chi connectivity index (χ0) is 28.6. The summed E-state index contributed by atoms with van der Waals surface area (Å²) in [6.45, 7) is 4.73. The number of carbonyl (C=O) groups excluding carboxylic acids is 3. The lowest BCUT2D eigenvalue weighted by atomic mass is 9.65. The number of amides is 2. The van der Waals surface area contributed by atoms with Crippen molar-refractivity contribution in [3.63, 3.8) is 0 Å². The average molecular weight is 559 g/mol. The molecule has 0 unspecified atom stereocenters. The lowest BCUT2D eigenvalue weighted by Gasteiger charge is -2.38. The number of fused-ring (bicyclic) bond motifs is 2. The minimum atomic E-state index is -4.75. The first kappa shape index (κ1) is 28.2. The van der Waals surface area contributed by atoms with E-state index in [1.54, 1.807) is 51.1 Å². The summed E-state index contributed by atoms with van der Waals surface area (Å²) in [4.78, 5) is 45.5. The first-order chi connectivity index (χ1) is 18.3. The Bertz CT molecular complexity index is 1380. The Morgan fingerprint density at radius 3 is 2.46 bits per heavy atom. The number of hydrogen-bond acceptors (Lipinski definition) is 7. The van der Waals surface area contributed by atoms with Crippen LogP contribution in [0.2, 0.25) is 0 Å². The number of thiocarbonyl (C=S) groups is 1. The van der Waals surface area contributed by atoms with Crippen molar-refractivity contribution in [3.05, 3.63) is 77.4 Å². The van der Waals surface area contributed by atoms with Crippen LogP contribution in [-0.4, -0.2) is 34.8 Å². The maximum absolute atomic E-state index is 14.1. The van der Waals surface area contributed by atoms with Crippen molar-refractivity contribution < 1.29 is 37.0 Å². The van der Waals surface area contributed by atoms with Crippen molar-refractivity contribution in [2.75, 3.05) is 4.90 Å². The van der Waals surface area contributed by atoms with Gasteiger partial charge in [-0.1, -0.05) is 48.6 Å². The fraction of sp³-hybridized carbons (Fsp3) is 0.357. The van der Waals surface area contributed by atoms with E-state index < -0.39 is 52.7 Å². The number of anilines is 1. The van der Waals surface area contributed by atoms with Crippen LogP contribution >= 0.6 is 12.2 Å². The van der Waals surface area contributed by atoms with E-state index in [2.05, 4.69) is 10.2 Å². The summed E-state index contributed by atoms with van der Waals surface area (Å²) in [6.07, 6.45) is -3.05. The van der Waals surface area contributed by atoms with Crippen molar-refractivity contribution in [2.45, 2.75) is 57.0 Å². The van der Waals surface area contributed by atoms with Gasteiger partial charge in [0.25, 0.3) is 5.91 Å². The Hall–Kier alpha value is -3.82. The van der Waals surface area contributed by atoms with Crippen LogP contribution in [0.1, 0.15) is 43.9 Å². The van der Waals surface area contributed by atoms with E-state index in [-0.39, 0.29) is 24.3 Å². The van der Waals surface area contributed by atoms with Gasteiger partial charge in [0.1, 0.15) is 17.6 Å². The SMILES string of the molecule is CC(C)(C)OC(=O)[C@@H]1C[C@@H](N=C=S)C=C[C@@]12C(=O)N(C(=O)OCc1ccccc1)c1cc(C(F)(F)F)ccc12. The molecule has 3 atom stereocenters. The molecule has 39 heavy (non-hydrogen) atoms.